The van der Waals surface area contributed by atoms with Gasteiger partial charge in [0.1, 0.15) is 17.7 Å². The number of carbonyl (C=O) groups excluding carboxylic acids is 2. The molecule has 4 nitrogen and oxygen atoms in total. The van der Waals surface area contributed by atoms with Crippen molar-refractivity contribution < 1.29 is 44.7 Å². The minimum atomic E-state index is -5.10. The van der Waals surface area contributed by atoms with E-state index in [9.17, 15) is 44.7 Å². The molecule has 0 radical (unpaired) electrons. The SMILES string of the molecule is O=C(N[C@@H](c1cc(F)c(C(F)(F)F)cc1F)C1CC1)[C@H]1C[C@H]2C[C@H]2N1C(=O)c1cccc(C(F)(F)F)c1. The highest BCUT2D eigenvalue weighted by Crippen LogP contribution is 2.49. The van der Waals surface area contributed by atoms with Gasteiger partial charge in [-0.3, -0.25) is 9.59 Å². The predicted octanol–water partition coefficient (Wildman–Crippen LogP) is 5.87. The molecule has 3 aliphatic rings. The van der Waals surface area contributed by atoms with Gasteiger partial charge in [0.15, 0.2) is 0 Å². The number of hydrogen-bond acceptors (Lipinski definition) is 2. The summed E-state index contributed by atoms with van der Waals surface area (Å²) in [6, 6.07) is 1.81. The number of hydrogen-bond donors (Lipinski definition) is 1. The fraction of sp³-hybridized carbons (Fsp3) is 0.440. The van der Waals surface area contributed by atoms with Crippen LogP contribution in [0.2, 0.25) is 0 Å². The number of piperidine rings is 1. The Hall–Kier alpha value is -3.18. The summed E-state index contributed by atoms with van der Waals surface area (Å²) in [6.07, 6.45) is -7.90. The van der Waals surface area contributed by atoms with Crippen LogP contribution in [0.3, 0.4) is 0 Å². The number of fused-ring (bicyclic) bond motifs is 1. The van der Waals surface area contributed by atoms with Gasteiger partial charge >= 0.3 is 12.4 Å². The molecule has 12 heteroatoms. The fourth-order valence-corrected chi connectivity index (χ4v) is 5.11. The highest BCUT2D eigenvalue weighted by Gasteiger charge is 2.56. The van der Waals surface area contributed by atoms with Gasteiger partial charge in [-0.05, 0) is 67.9 Å². The van der Waals surface area contributed by atoms with E-state index in [2.05, 4.69) is 5.32 Å². The normalized spacial score (nSPS) is 24.0. The summed E-state index contributed by atoms with van der Waals surface area (Å²) in [5.41, 5.74) is -3.45. The van der Waals surface area contributed by atoms with Gasteiger partial charge in [0.25, 0.3) is 5.91 Å². The summed E-state index contributed by atoms with van der Waals surface area (Å²) in [6.45, 7) is 0. The van der Waals surface area contributed by atoms with E-state index in [1.807, 2.05) is 0 Å². The molecule has 2 aromatic rings. The van der Waals surface area contributed by atoms with E-state index < -0.39 is 64.6 Å². The monoisotopic (exact) mass is 532 g/mol. The molecule has 2 aromatic carbocycles. The molecule has 2 aliphatic carbocycles. The van der Waals surface area contributed by atoms with Crippen molar-refractivity contribution in [2.75, 3.05) is 0 Å². The van der Waals surface area contributed by atoms with Crippen molar-refractivity contribution >= 4 is 11.8 Å². The van der Waals surface area contributed by atoms with Crippen LogP contribution in [0.1, 0.15) is 58.8 Å². The van der Waals surface area contributed by atoms with Crippen molar-refractivity contribution in [3.63, 3.8) is 0 Å². The number of nitrogens with zero attached hydrogens (tertiary/aromatic N) is 1. The molecule has 2 amide bonds. The van der Waals surface area contributed by atoms with Crippen LogP contribution in [0.15, 0.2) is 36.4 Å². The fourth-order valence-electron chi connectivity index (χ4n) is 5.11. The molecule has 1 heterocycles. The molecule has 0 spiro atoms. The van der Waals surface area contributed by atoms with Gasteiger partial charge < -0.3 is 10.2 Å². The van der Waals surface area contributed by atoms with Gasteiger partial charge in [-0.25, -0.2) is 8.78 Å². The molecule has 0 unspecified atom stereocenters. The first-order valence-corrected chi connectivity index (χ1v) is 11.6. The first kappa shape index (κ1) is 25.5. The molecule has 1 aliphatic heterocycles. The Kier molecular flexibility index (Phi) is 5.99. The van der Waals surface area contributed by atoms with Crippen molar-refractivity contribution in [1.82, 2.24) is 10.2 Å². The molecular formula is C25H20F8N2O2. The van der Waals surface area contributed by atoms with Crippen LogP contribution in [0, 0.1) is 23.5 Å². The lowest BCUT2D eigenvalue weighted by Crippen LogP contribution is -2.49. The van der Waals surface area contributed by atoms with Gasteiger partial charge in [0, 0.05) is 17.2 Å². The second-order valence-corrected chi connectivity index (χ2v) is 9.78. The number of benzene rings is 2. The average Bonchev–Trinajstić information content (AvgIpc) is 3.75. The molecule has 1 N–H and O–H groups in total. The van der Waals surface area contributed by atoms with E-state index >= 15 is 0 Å². The average molecular weight is 532 g/mol. The van der Waals surface area contributed by atoms with Crippen LogP contribution in [0.4, 0.5) is 35.1 Å². The van der Waals surface area contributed by atoms with E-state index in [-0.39, 0.29) is 35.9 Å². The van der Waals surface area contributed by atoms with Crippen LogP contribution in [-0.2, 0) is 17.1 Å². The Morgan fingerprint density at radius 1 is 0.919 bits per heavy atom. The van der Waals surface area contributed by atoms with Crippen molar-refractivity contribution in [1.29, 1.82) is 0 Å². The molecule has 0 aromatic heterocycles. The number of carbonyl (C=O) groups is 2. The lowest BCUT2D eigenvalue weighted by Gasteiger charge is -2.29. The third-order valence-corrected chi connectivity index (χ3v) is 7.20. The molecule has 37 heavy (non-hydrogen) atoms. The first-order chi connectivity index (χ1) is 17.3. The van der Waals surface area contributed by atoms with Crippen LogP contribution in [0.25, 0.3) is 0 Å². The summed E-state index contributed by atoms with van der Waals surface area (Å²) in [5, 5.41) is 2.58. The summed E-state index contributed by atoms with van der Waals surface area (Å²) < 4.78 is 107. The van der Waals surface area contributed by atoms with E-state index in [4.69, 9.17) is 0 Å². The number of rotatable bonds is 5. The number of alkyl halides is 6. The number of nitrogens with one attached hydrogen (secondary N) is 1. The lowest BCUT2D eigenvalue weighted by molar-refractivity contribution is -0.140. The highest BCUT2D eigenvalue weighted by molar-refractivity contribution is 5.99. The summed E-state index contributed by atoms with van der Waals surface area (Å²) in [5.74, 6) is -4.83. The number of halogens is 8. The van der Waals surface area contributed by atoms with Gasteiger partial charge in [0.05, 0.1) is 17.2 Å². The highest BCUT2D eigenvalue weighted by atomic mass is 19.4. The molecule has 0 bridgehead atoms. The van der Waals surface area contributed by atoms with E-state index in [1.54, 1.807) is 0 Å². The minimum absolute atomic E-state index is 0.0230. The van der Waals surface area contributed by atoms with Crippen LogP contribution in [-0.4, -0.2) is 28.8 Å². The third-order valence-electron chi connectivity index (χ3n) is 7.20. The van der Waals surface area contributed by atoms with Crippen LogP contribution in [0.5, 0.6) is 0 Å². The molecular weight excluding hydrogens is 512 g/mol. The second-order valence-electron chi connectivity index (χ2n) is 9.78. The van der Waals surface area contributed by atoms with E-state index in [0.717, 1.165) is 12.1 Å². The third kappa shape index (κ3) is 4.89. The Balaban J connectivity index is 1.39. The smallest absolute Gasteiger partial charge is 0.347 e. The molecule has 3 fully saturated rings. The summed E-state index contributed by atoms with van der Waals surface area (Å²) in [4.78, 5) is 27.6. The second kappa shape index (κ2) is 8.70. The maximum atomic E-state index is 14.7. The maximum absolute atomic E-state index is 14.7. The van der Waals surface area contributed by atoms with Crippen molar-refractivity contribution in [2.24, 2.45) is 11.8 Å². The van der Waals surface area contributed by atoms with Crippen molar-refractivity contribution in [3.8, 4) is 0 Å². The summed E-state index contributed by atoms with van der Waals surface area (Å²) >= 11 is 0. The van der Waals surface area contributed by atoms with Crippen molar-refractivity contribution in [3.05, 3.63) is 70.3 Å². The molecule has 198 valence electrons. The first-order valence-electron chi connectivity index (χ1n) is 11.6. The Morgan fingerprint density at radius 3 is 2.24 bits per heavy atom. The largest absolute Gasteiger partial charge is 0.419 e. The topological polar surface area (TPSA) is 49.4 Å². The van der Waals surface area contributed by atoms with Gasteiger partial charge in [-0.1, -0.05) is 6.07 Å². The zero-order valence-corrected chi connectivity index (χ0v) is 19.0. The zero-order valence-electron chi connectivity index (χ0n) is 19.0. The molecule has 2 saturated carbocycles. The maximum Gasteiger partial charge on any atom is 0.419 e. The molecule has 4 atom stereocenters. The van der Waals surface area contributed by atoms with Crippen LogP contribution < -0.4 is 5.32 Å². The lowest BCUT2D eigenvalue weighted by atomic mass is 9.98. The van der Waals surface area contributed by atoms with Crippen molar-refractivity contribution in [2.45, 2.75) is 56.2 Å². The minimum Gasteiger partial charge on any atom is -0.347 e. The van der Waals surface area contributed by atoms with Gasteiger partial charge in [0.2, 0.25) is 5.91 Å². The number of amides is 2. The zero-order chi connectivity index (χ0) is 26.9. The Morgan fingerprint density at radius 2 is 1.62 bits per heavy atom. The molecule has 5 rings (SSSR count). The quantitative estimate of drug-likeness (QED) is 0.490. The standard InChI is InChI=1S/C25H20F8N2O2/c26-17-10-16(25(31,32)33)18(27)9-15(17)21(11-4-5-11)34-22(36)20-8-13-7-19(13)35(20)23(37)12-2-1-3-14(6-12)24(28,29)30/h1-3,6,9-11,13,19-21H,4-5,7-8H2,(H,34,36)/t13-,19-,20-,21-/m1/s1. The number of likely N-dealkylation sites (tertiary alicyclic amines) is 1. The summed E-state index contributed by atoms with van der Waals surface area (Å²) in [7, 11) is 0. The van der Waals surface area contributed by atoms with E-state index in [0.29, 0.717) is 31.4 Å². The Bertz CT molecular complexity index is 1250. The molecule has 1 saturated heterocycles. The van der Waals surface area contributed by atoms with E-state index in [1.165, 1.54) is 11.0 Å². The van der Waals surface area contributed by atoms with Gasteiger partial charge in [-0.15, -0.1) is 0 Å². The Labute approximate surface area is 205 Å². The van der Waals surface area contributed by atoms with Gasteiger partial charge in [-0.2, -0.15) is 26.3 Å². The predicted molar refractivity (Wildman–Crippen MR) is 113 cm³/mol. The van der Waals surface area contributed by atoms with Crippen LogP contribution >= 0.6 is 0 Å².